The number of halogens is 1. The van der Waals surface area contributed by atoms with Gasteiger partial charge in [-0.05, 0) is 18.1 Å². The second-order valence-electron chi connectivity index (χ2n) is 2.64. The van der Waals surface area contributed by atoms with Crippen LogP contribution in [0.5, 0.6) is 0 Å². The van der Waals surface area contributed by atoms with Crippen LogP contribution < -0.4 is 0 Å². The highest BCUT2D eigenvalue weighted by molar-refractivity contribution is 7.67. The Morgan fingerprint density at radius 3 is 3.00 bits per heavy atom. The lowest BCUT2D eigenvalue weighted by molar-refractivity contribution is 0.182. The average molecular weight is 219 g/mol. The van der Waals surface area contributed by atoms with Crippen molar-refractivity contribution in [3.05, 3.63) is 23.8 Å². The molecule has 0 saturated carbocycles. The van der Waals surface area contributed by atoms with Gasteiger partial charge in [0.05, 0.1) is 16.1 Å². The monoisotopic (exact) mass is 218 g/mol. The summed E-state index contributed by atoms with van der Waals surface area (Å²) in [6.45, 7) is 0. The third-order valence-electron chi connectivity index (χ3n) is 1.88. The molecule has 1 atom stereocenters. The number of methoxy groups -OCH3 is 1. The van der Waals surface area contributed by atoms with Crippen molar-refractivity contribution in [2.45, 2.75) is 12.5 Å². The lowest BCUT2D eigenvalue weighted by Crippen LogP contribution is -2.25. The fourth-order valence-corrected chi connectivity index (χ4v) is 1.97. The summed E-state index contributed by atoms with van der Waals surface area (Å²) in [6.07, 6.45) is 6.16. The Labute approximate surface area is 86.3 Å². The van der Waals surface area contributed by atoms with Gasteiger partial charge in [0, 0.05) is 13.0 Å². The number of allylic oxidation sites excluding steroid dienone is 2. The molecule has 0 aliphatic heterocycles. The molecule has 0 radical (unpaired) electrons. The van der Waals surface area contributed by atoms with Gasteiger partial charge < -0.3 is 4.74 Å². The molecule has 0 saturated heterocycles. The number of ether oxygens (including phenoxy) is 1. The van der Waals surface area contributed by atoms with E-state index in [0.29, 0.717) is 22.0 Å². The van der Waals surface area contributed by atoms with Crippen LogP contribution in [0.1, 0.15) is 6.42 Å². The molecule has 0 spiro atoms. The van der Waals surface area contributed by atoms with Crippen molar-refractivity contribution in [2.24, 2.45) is 0 Å². The molecule has 0 aromatic carbocycles. The standard InChI is InChI=1S/C9H11ClO2S/c1-12-9-7(5-6-10)3-2-4-8(9)13-11/h2-4,9H,5-6H2,1H3. The SMILES string of the molecule is COC1C(CCCl)=CC=CC1=S=O. The van der Waals surface area contributed by atoms with Crippen LogP contribution in [0.4, 0.5) is 0 Å². The summed E-state index contributed by atoms with van der Waals surface area (Å²) in [6, 6.07) is 0. The summed E-state index contributed by atoms with van der Waals surface area (Å²) in [5.41, 5.74) is 1.07. The maximum absolute atomic E-state index is 10.7. The van der Waals surface area contributed by atoms with E-state index in [2.05, 4.69) is 0 Å². The van der Waals surface area contributed by atoms with Gasteiger partial charge in [0.25, 0.3) is 0 Å². The lowest BCUT2D eigenvalue weighted by atomic mass is 9.99. The Bertz CT molecular complexity index is 290. The van der Waals surface area contributed by atoms with Gasteiger partial charge in [0.1, 0.15) is 6.10 Å². The van der Waals surface area contributed by atoms with E-state index >= 15 is 0 Å². The van der Waals surface area contributed by atoms with E-state index in [9.17, 15) is 4.21 Å². The molecule has 0 N–H and O–H groups in total. The minimum atomic E-state index is -0.189. The summed E-state index contributed by atoms with van der Waals surface area (Å²) in [7, 11) is 1.60. The molecule has 4 heteroatoms. The Morgan fingerprint density at radius 1 is 1.69 bits per heavy atom. The van der Waals surface area contributed by atoms with E-state index in [1.54, 1.807) is 13.2 Å². The van der Waals surface area contributed by atoms with Crippen molar-refractivity contribution in [3.63, 3.8) is 0 Å². The highest BCUT2D eigenvalue weighted by atomic mass is 35.5. The fourth-order valence-electron chi connectivity index (χ4n) is 1.29. The molecule has 2 nitrogen and oxygen atoms in total. The van der Waals surface area contributed by atoms with Crippen LogP contribution in [0.25, 0.3) is 0 Å². The van der Waals surface area contributed by atoms with Crippen LogP contribution in [0, 0.1) is 0 Å². The molecule has 1 aliphatic carbocycles. The summed E-state index contributed by atoms with van der Waals surface area (Å²) in [5, 5.41) is 0. The number of hydrogen-bond donors (Lipinski definition) is 0. The molecule has 0 amide bonds. The first-order valence-corrected chi connectivity index (χ1v) is 5.23. The zero-order valence-corrected chi connectivity index (χ0v) is 8.90. The zero-order chi connectivity index (χ0) is 9.68. The van der Waals surface area contributed by atoms with Crippen molar-refractivity contribution in [1.29, 1.82) is 0 Å². The number of hydrogen-bond acceptors (Lipinski definition) is 2. The number of rotatable bonds is 3. The highest BCUT2D eigenvalue weighted by Gasteiger charge is 2.19. The topological polar surface area (TPSA) is 26.3 Å². The normalized spacial score (nSPS) is 21.5. The van der Waals surface area contributed by atoms with Crippen LogP contribution >= 0.6 is 11.6 Å². The summed E-state index contributed by atoms with van der Waals surface area (Å²) in [4.78, 5) is 0.699. The second kappa shape index (κ2) is 5.37. The van der Waals surface area contributed by atoms with Gasteiger partial charge in [-0.1, -0.05) is 12.2 Å². The van der Waals surface area contributed by atoms with Gasteiger partial charge in [-0.3, -0.25) is 0 Å². The van der Waals surface area contributed by atoms with Crippen LogP contribution in [0.2, 0.25) is 0 Å². The Balaban J connectivity index is 2.88. The molecule has 0 bridgehead atoms. The quantitative estimate of drug-likeness (QED) is 0.530. The van der Waals surface area contributed by atoms with Crippen molar-refractivity contribution < 1.29 is 8.95 Å². The van der Waals surface area contributed by atoms with E-state index in [4.69, 9.17) is 16.3 Å². The summed E-state index contributed by atoms with van der Waals surface area (Å²) >= 11 is 6.11. The zero-order valence-electron chi connectivity index (χ0n) is 7.33. The Kier molecular flexibility index (Phi) is 4.42. The molecule has 0 heterocycles. The van der Waals surface area contributed by atoms with E-state index in [1.807, 2.05) is 12.2 Å². The smallest absolute Gasteiger partial charge is 0.116 e. The molecular weight excluding hydrogens is 208 g/mol. The first kappa shape index (κ1) is 10.7. The van der Waals surface area contributed by atoms with Crippen molar-refractivity contribution in [3.8, 4) is 0 Å². The third-order valence-corrected chi connectivity index (χ3v) is 2.61. The van der Waals surface area contributed by atoms with Gasteiger partial charge in [-0.2, -0.15) is 0 Å². The maximum atomic E-state index is 10.7. The molecule has 0 aromatic heterocycles. The lowest BCUT2D eigenvalue weighted by Gasteiger charge is -2.19. The van der Waals surface area contributed by atoms with Crippen molar-refractivity contribution in [2.75, 3.05) is 13.0 Å². The van der Waals surface area contributed by atoms with E-state index in [-0.39, 0.29) is 6.10 Å². The predicted octanol–water partition coefficient (Wildman–Crippen LogP) is 1.51. The van der Waals surface area contributed by atoms with E-state index < -0.39 is 0 Å². The molecule has 13 heavy (non-hydrogen) atoms. The highest BCUT2D eigenvalue weighted by Crippen LogP contribution is 2.17. The van der Waals surface area contributed by atoms with E-state index in [0.717, 1.165) is 12.0 Å². The Hall–Kier alpha value is -0.380. The summed E-state index contributed by atoms with van der Waals surface area (Å²) < 4.78 is 15.9. The first-order valence-electron chi connectivity index (χ1n) is 3.96. The minimum absolute atomic E-state index is 0.189. The van der Waals surface area contributed by atoms with Crippen molar-refractivity contribution >= 4 is 27.7 Å². The summed E-state index contributed by atoms with van der Waals surface area (Å²) in [5.74, 6) is 0.552. The molecule has 0 aromatic rings. The first-order chi connectivity index (χ1) is 6.33. The van der Waals surface area contributed by atoms with E-state index in [1.165, 1.54) is 0 Å². The third kappa shape index (κ3) is 2.53. The second-order valence-corrected chi connectivity index (χ2v) is 3.66. The van der Waals surface area contributed by atoms with Gasteiger partial charge in [-0.15, -0.1) is 11.6 Å². The fraction of sp³-hybridized carbons (Fsp3) is 0.444. The molecule has 1 aliphatic rings. The molecule has 1 unspecified atom stereocenters. The van der Waals surface area contributed by atoms with Gasteiger partial charge in [0.15, 0.2) is 0 Å². The largest absolute Gasteiger partial charge is 0.371 e. The van der Waals surface area contributed by atoms with Crippen molar-refractivity contribution in [1.82, 2.24) is 0 Å². The minimum Gasteiger partial charge on any atom is -0.371 e. The molecule has 0 fully saturated rings. The van der Waals surface area contributed by atoms with Gasteiger partial charge in [-0.25, -0.2) is 4.21 Å². The average Bonchev–Trinajstić information content (AvgIpc) is 2.18. The van der Waals surface area contributed by atoms with Crippen LogP contribution in [-0.2, 0) is 16.0 Å². The Morgan fingerprint density at radius 2 is 2.46 bits per heavy atom. The number of alkyl halides is 1. The van der Waals surface area contributed by atoms with Gasteiger partial charge in [0.2, 0.25) is 0 Å². The van der Waals surface area contributed by atoms with Crippen LogP contribution in [0.15, 0.2) is 23.8 Å². The molecule has 1 rings (SSSR count). The predicted molar refractivity (Wildman–Crippen MR) is 56.5 cm³/mol. The van der Waals surface area contributed by atoms with Crippen LogP contribution in [0.3, 0.4) is 0 Å². The van der Waals surface area contributed by atoms with Gasteiger partial charge >= 0.3 is 0 Å². The molecule has 72 valence electrons. The maximum Gasteiger partial charge on any atom is 0.116 e. The van der Waals surface area contributed by atoms with Crippen LogP contribution in [-0.4, -0.2) is 28.2 Å². The molecular formula is C9H11ClO2S.